The Hall–Kier alpha value is -1.82. The predicted molar refractivity (Wildman–Crippen MR) is 77.4 cm³/mol. The molecule has 1 heterocycles. The average Bonchev–Trinajstić information content (AvgIpc) is 2.86. The minimum absolute atomic E-state index is 0.515. The van der Waals surface area contributed by atoms with Crippen molar-refractivity contribution in [1.29, 1.82) is 0 Å². The summed E-state index contributed by atoms with van der Waals surface area (Å²) in [6.07, 6.45) is 0. The first-order valence-electron chi connectivity index (χ1n) is 5.93. The van der Waals surface area contributed by atoms with E-state index in [2.05, 4.69) is 15.6 Å². The van der Waals surface area contributed by atoms with Crippen molar-refractivity contribution >= 4 is 34.4 Å². The second-order valence-corrected chi connectivity index (χ2v) is 5.35. The van der Waals surface area contributed by atoms with Crippen LogP contribution in [0.25, 0.3) is 0 Å². The van der Waals surface area contributed by atoms with Crippen LogP contribution in [0.15, 0.2) is 23.2 Å². The molecule has 0 aliphatic carbocycles. The van der Waals surface area contributed by atoms with Crippen molar-refractivity contribution in [3.8, 4) is 0 Å². The fraction of sp³-hybridized carbons (Fsp3) is 0.308. The third-order valence-electron chi connectivity index (χ3n) is 2.65. The number of aliphatic imine (C=N–C) groups is 1. The third kappa shape index (κ3) is 3.57. The monoisotopic (exact) mass is 277 g/mol. The molecule has 0 saturated heterocycles. The summed E-state index contributed by atoms with van der Waals surface area (Å²) < 4.78 is 0. The number of carbonyl (C=O) groups is 2. The Balaban J connectivity index is 2.00. The van der Waals surface area contributed by atoms with Gasteiger partial charge in [0.1, 0.15) is 0 Å². The van der Waals surface area contributed by atoms with Gasteiger partial charge in [0.2, 0.25) is 0 Å². The van der Waals surface area contributed by atoms with Crippen LogP contribution >= 0.6 is 11.8 Å². The van der Waals surface area contributed by atoms with Crippen molar-refractivity contribution in [2.45, 2.75) is 13.8 Å². The molecule has 19 heavy (non-hydrogen) atoms. The molecule has 0 bridgehead atoms. The van der Waals surface area contributed by atoms with E-state index in [0.29, 0.717) is 17.4 Å². The first-order valence-corrected chi connectivity index (χ1v) is 6.91. The number of anilines is 1. The molecule has 2 N–H and O–H groups in total. The van der Waals surface area contributed by atoms with Crippen LogP contribution in [0, 0.1) is 13.8 Å². The summed E-state index contributed by atoms with van der Waals surface area (Å²) in [4.78, 5) is 27.5. The first-order chi connectivity index (χ1) is 9.06. The van der Waals surface area contributed by atoms with Crippen LogP contribution in [0.1, 0.15) is 11.1 Å². The normalized spacial score (nSPS) is 13.9. The number of thioether (sulfide) groups is 1. The number of amidine groups is 1. The second-order valence-electron chi connectivity index (χ2n) is 4.26. The summed E-state index contributed by atoms with van der Waals surface area (Å²) in [5.41, 5.74) is 2.59. The van der Waals surface area contributed by atoms with Gasteiger partial charge in [0, 0.05) is 11.4 Å². The highest BCUT2D eigenvalue weighted by Gasteiger charge is 2.18. The molecular weight excluding hydrogens is 262 g/mol. The van der Waals surface area contributed by atoms with Crippen molar-refractivity contribution in [3.05, 3.63) is 29.3 Å². The van der Waals surface area contributed by atoms with Gasteiger partial charge < -0.3 is 5.32 Å². The molecule has 1 aliphatic heterocycles. The summed E-state index contributed by atoms with van der Waals surface area (Å²) in [6, 6.07) is 5.69. The highest BCUT2D eigenvalue weighted by molar-refractivity contribution is 8.14. The molecule has 1 aromatic carbocycles. The number of carbonyl (C=O) groups excluding carboxylic acids is 2. The highest BCUT2D eigenvalue weighted by Crippen LogP contribution is 2.16. The molecule has 0 saturated carbocycles. The topological polar surface area (TPSA) is 70.6 Å². The number of rotatable bonds is 1. The Bertz CT molecular complexity index is 555. The number of nitrogens with one attached hydrogen (secondary N) is 2. The van der Waals surface area contributed by atoms with Crippen molar-refractivity contribution in [2.75, 3.05) is 17.6 Å². The van der Waals surface area contributed by atoms with E-state index in [-0.39, 0.29) is 0 Å². The molecular formula is C13H15N3O2S. The van der Waals surface area contributed by atoms with E-state index in [9.17, 15) is 9.59 Å². The predicted octanol–water partition coefficient (Wildman–Crippen LogP) is 1.46. The smallest absolute Gasteiger partial charge is 0.315 e. The van der Waals surface area contributed by atoms with E-state index in [1.807, 2.05) is 32.0 Å². The van der Waals surface area contributed by atoms with Crippen LogP contribution in [0.4, 0.5) is 5.69 Å². The Morgan fingerprint density at radius 2 is 1.95 bits per heavy atom. The number of nitrogens with zero attached hydrogens (tertiary/aromatic N) is 1. The summed E-state index contributed by atoms with van der Waals surface area (Å²) in [6.45, 7) is 4.49. The summed E-state index contributed by atoms with van der Waals surface area (Å²) in [5, 5.41) is 5.62. The molecule has 6 heteroatoms. The van der Waals surface area contributed by atoms with Gasteiger partial charge in [0.15, 0.2) is 5.17 Å². The van der Waals surface area contributed by atoms with Crippen molar-refractivity contribution in [1.82, 2.24) is 5.32 Å². The van der Waals surface area contributed by atoms with E-state index < -0.39 is 11.8 Å². The van der Waals surface area contributed by atoms with Gasteiger partial charge in [-0.3, -0.25) is 19.9 Å². The van der Waals surface area contributed by atoms with E-state index in [4.69, 9.17) is 0 Å². The van der Waals surface area contributed by atoms with Gasteiger partial charge in [-0.15, -0.1) is 0 Å². The van der Waals surface area contributed by atoms with Crippen LogP contribution in [0.3, 0.4) is 0 Å². The standard InChI is InChI=1S/C13H15N3O2S/c1-8-3-4-9(2)10(7-8)15-11(17)12(18)16-13-14-5-6-19-13/h3-4,7H,5-6H2,1-2H3,(H,15,17)(H,14,16,18). The number of hydrogen-bond donors (Lipinski definition) is 2. The molecule has 100 valence electrons. The molecule has 0 atom stereocenters. The fourth-order valence-corrected chi connectivity index (χ4v) is 2.34. The van der Waals surface area contributed by atoms with Gasteiger partial charge in [-0.2, -0.15) is 0 Å². The van der Waals surface area contributed by atoms with Gasteiger partial charge in [-0.1, -0.05) is 23.9 Å². The first kappa shape index (κ1) is 13.6. The van der Waals surface area contributed by atoms with E-state index in [0.717, 1.165) is 16.9 Å². The molecule has 2 rings (SSSR count). The van der Waals surface area contributed by atoms with Gasteiger partial charge >= 0.3 is 11.8 Å². The minimum Gasteiger partial charge on any atom is -0.318 e. The second kappa shape index (κ2) is 5.88. The number of amides is 2. The van der Waals surface area contributed by atoms with Gasteiger partial charge in [-0.25, -0.2) is 0 Å². The lowest BCUT2D eigenvalue weighted by Gasteiger charge is -2.09. The lowest BCUT2D eigenvalue weighted by atomic mass is 10.1. The number of aryl methyl sites for hydroxylation is 2. The lowest BCUT2D eigenvalue weighted by molar-refractivity contribution is -0.135. The van der Waals surface area contributed by atoms with Crippen molar-refractivity contribution in [3.63, 3.8) is 0 Å². The zero-order valence-electron chi connectivity index (χ0n) is 10.8. The molecule has 2 amide bonds. The zero-order chi connectivity index (χ0) is 13.8. The van der Waals surface area contributed by atoms with Crippen LogP contribution in [-0.2, 0) is 9.59 Å². The third-order valence-corrected chi connectivity index (χ3v) is 3.54. The summed E-state index contributed by atoms with van der Waals surface area (Å²) in [5.74, 6) is -0.522. The van der Waals surface area contributed by atoms with Crippen LogP contribution < -0.4 is 10.6 Å². The summed E-state index contributed by atoms with van der Waals surface area (Å²) in [7, 11) is 0. The molecule has 0 fully saturated rings. The van der Waals surface area contributed by atoms with E-state index in [1.54, 1.807) is 0 Å². The number of benzene rings is 1. The molecule has 5 nitrogen and oxygen atoms in total. The molecule has 1 aliphatic rings. The largest absolute Gasteiger partial charge is 0.318 e. The van der Waals surface area contributed by atoms with Crippen LogP contribution in [0.5, 0.6) is 0 Å². The minimum atomic E-state index is -0.686. The van der Waals surface area contributed by atoms with Gasteiger partial charge in [0.25, 0.3) is 0 Å². The molecule has 0 aromatic heterocycles. The summed E-state index contributed by atoms with van der Waals surface area (Å²) >= 11 is 1.44. The molecule has 0 spiro atoms. The Morgan fingerprint density at radius 3 is 2.63 bits per heavy atom. The van der Waals surface area contributed by atoms with E-state index >= 15 is 0 Å². The highest BCUT2D eigenvalue weighted by atomic mass is 32.2. The average molecular weight is 277 g/mol. The quantitative estimate of drug-likeness (QED) is 0.763. The zero-order valence-corrected chi connectivity index (χ0v) is 11.6. The van der Waals surface area contributed by atoms with Crippen molar-refractivity contribution in [2.24, 2.45) is 4.99 Å². The maximum atomic E-state index is 11.8. The van der Waals surface area contributed by atoms with E-state index in [1.165, 1.54) is 11.8 Å². The van der Waals surface area contributed by atoms with Crippen LogP contribution in [-0.4, -0.2) is 29.3 Å². The maximum absolute atomic E-state index is 11.8. The van der Waals surface area contributed by atoms with Crippen molar-refractivity contribution < 1.29 is 9.59 Å². The lowest BCUT2D eigenvalue weighted by Crippen LogP contribution is -2.37. The Morgan fingerprint density at radius 1 is 1.21 bits per heavy atom. The van der Waals surface area contributed by atoms with Gasteiger partial charge in [0.05, 0.1) is 6.54 Å². The SMILES string of the molecule is Cc1ccc(C)c(NC(=O)C(=O)NC2=NCCS2)c1. The number of hydrogen-bond acceptors (Lipinski definition) is 4. The van der Waals surface area contributed by atoms with Crippen LogP contribution in [0.2, 0.25) is 0 Å². The van der Waals surface area contributed by atoms with Gasteiger partial charge in [-0.05, 0) is 31.0 Å². The molecule has 0 unspecified atom stereocenters. The molecule has 1 aromatic rings. The fourth-order valence-electron chi connectivity index (χ4n) is 1.61. The maximum Gasteiger partial charge on any atom is 0.315 e. The Kier molecular flexibility index (Phi) is 4.21. The molecule has 0 radical (unpaired) electrons. The Labute approximate surface area is 115 Å².